The summed E-state index contributed by atoms with van der Waals surface area (Å²) >= 11 is 0. The molecular formula is C13H18N4O3. The molecule has 1 aromatic heterocycles. The van der Waals surface area contributed by atoms with Crippen LogP contribution in [0.2, 0.25) is 0 Å². The molecule has 7 nitrogen and oxygen atoms in total. The highest BCUT2D eigenvalue weighted by molar-refractivity contribution is 5.88. The van der Waals surface area contributed by atoms with Gasteiger partial charge < -0.3 is 14.3 Å². The quantitative estimate of drug-likeness (QED) is 0.877. The van der Waals surface area contributed by atoms with Gasteiger partial charge >= 0.3 is 6.03 Å². The molecule has 0 aromatic carbocycles. The van der Waals surface area contributed by atoms with E-state index in [1.54, 1.807) is 17.9 Å². The number of aromatic nitrogens is 1. The number of rotatable bonds is 2. The number of anilines is 1. The standard InChI is InChI=1S/C13H18N4O3/c1-9-8-11(15-20-9)14-13(19)17-6-4-16(5-7-17)12(18)10-2-3-10/h8,10H,2-7H2,1H3,(H,14,15,19). The minimum absolute atomic E-state index is 0.197. The van der Waals surface area contributed by atoms with Crippen LogP contribution >= 0.6 is 0 Å². The Bertz CT molecular complexity index is 515. The Labute approximate surface area is 116 Å². The number of aryl methyl sites for hydroxylation is 1. The molecule has 1 saturated carbocycles. The van der Waals surface area contributed by atoms with Crippen molar-refractivity contribution in [3.63, 3.8) is 0 Å². The average molecular weight is 278 g/mol. The van der Waals surface area contributed by atoms with E-state index in [1.807, 2.05) is 4.90 Å². The van der Waals surface area contributed by atoms with Crippen LogP contribution in [0.3, 0.4) is 0 Å². The molecule has 1 saturated heterocycles. The lowest BCUT2D eigenvalue weighted by atomic mass is 10.2. The monoisotopic (exact) mass is 278 g/mol. The van der Waals surface area contributed by atoms with Gasteiger partial charge in [-0.3, -0.25) is 10.1 Å². The largest absolute Gasteiger partial charge is 0.360 e. The first-order valence-corrected chi connectivity index (χ1v) is 6.91. The lowest BCUT2D eigenvalue weighted by molar-refractivity contribution is -0.133. The van der Waals surface area contributed by atoms with E-state index in [4.69, 9.17) is 4.52 Å². The zero-order valence-electron chi connectivity index (χ0n) is 11.5. The first kappa shape index (κ1) is 13.0. The second-order valence-electron chi connectivity index (χ2n) is 5.34. The molecule has 7 heteroatoms. The molecular weight excluding hydrogens is 260 g/mol. The molecule has 1 aliphatic carbocycles. The van der Waals surface area contributed by atoms with Gasteiger partial charge in [0.05, 0.1) is 0 Å². The lowest BCUT2D eigenvalue weighted by Gasteiger charge is -2.34. The van der Waals surface area contributed by atoms with E-state index in [0.29, 0.717) is 37.8 Å². The van der Waals surface area contributed by atoms with Gasteiger partial charge in [-0.25, -0.2) is 4.79 Å². The second-order valence-corrected chi connectivity index (χ2v) is 5.34. The molecule has 20 heavy (non-hydrogen) atoms. The summed E-state index contributed by atoms with van der Waals surface area (Å²) in [6, 6.07) is 1.47. The summed E-state index contributed by atoms with van der Waals surface area (Å²) in [5.74, 6) is 1.56. The van der Waals surface area contributed by atoms with Crippen LogP contribution in [0.4, 0.5) is 10.6 Å². The van der Waals surface area contributed by atoms with E-state index >= 15 is 0 Å². The van der Waals surface area contributed by atoms with Crippen molar-refractivity contribution in [1.29, 1.82) is 0 Å². The van der Waals surface area contributed by atoms with Crippen LogP contribution in [0, 0.1) is 12.8 Å². The van der Waals surface area contributed by atoms with Gasteiger partial charge in [-0.05, 0) is 19.8 Å². The van der Waals surface area contributed by atoms with E-state index in [0.717, 1.165) is 12.8 Å². The Morgan fingerprint density at radius 3 is 2.45 bits per heavy atom. The van der Waals surface area contributed by atoms with Gasteiger partial charge in [-0.1, -0.05) is 5.16 Å². The fourth-order valence-electron chi connectivity index (χ4n) is 2.33. The van der Waals surface area contributed by atoms with Gasteiger partial charge in [-0.15, -0.1) is 0 Å². The summed E-state index contributed by atoms with van der Waals surface area (Å²) in [5, 5.41) is 6.42. The molecule has 0 spiro atoms. The van der Waals surface area contributed by atoms with Crippen LogP contribution in [0.15, 0.2) is 10.6 Å². The number of urea groups is 1. The van der Waals surface area contributed by atoms with Gasteiger partial charge in [0.25, 0.3) is 0 Å². The summed E-state index contributed by atoms with van der Waals surface area (Å²) < 4.78 is 4.90. The van der Waals surface area contributed by atoms with E-state index < -0.39 is 0 Å². The van der Waals surface area contributed by atoms with Crippen molar-refractivity contribution < 1.29 is 14.1 Å². The van der Waals surface area contributed by atoms with Crippen LogP contribution in [0.1, 0.15) is 18.6 Å². The maximum Gasteiger partial charge on any atom is 0.323 e. The van der Waals surface area contributed by atoms with Gasteiger partial charge in [-0.2, -0.15) is 0 Å². The molecule has 0 unspecified atom stereocenters. The first-order chi connectivity index (χ1) is 9.63. The summed E-state index contributed by atoms with van der Waals surface area (Å²) in [7, 11) is 0. The van der Waals surface area contributed by atoms with E-state index in [9.17, 15) is 9.59 Å². The number of hydrogen-bond donors (Lipinski definition) is 1. The topological polar surface area (TPSA) is 78.7 Å². The molecule has 2 heterocycles. The normalized spacial score (nSPS) is 19.1. The Morgan fingerprint density at radius 2 is 1.90 bits per heavy atom. The number of nitrogens with zero attached hydrogens (tertiary/aromatic N) is 3. The van der Waals surface area contributed by atoms with Gasteiger partial charge in [0.2, 0.25) is 5.91 Å². The molecule has 2 fully saturated rings. The molecule has 3 amide bonds. The third-order valence-electron chi connectivity index (χ3n) is 3.67. The zero-order valence-corrected chi connectivity index (χ0v) is 11.5. The third-order valence-corrected chi connectivity index (χ3v) is 3.67. The number of carbonyl (C=O) groups is 2. The number of hydrogen-bond acceptors (Lipinski definition) is 4. The smallest absolute Gasteiger partial charge is 0.323 e. The number of piperazine rings is 1. The van der Waals surface area contributed by atoms with Crippen molar-refractivity contribution in [1.82, 2.24) is 15.0 Å². The number of carbonyl (C=O) groups excluding carboxylic acids is 2. The Balaban J connectivity index is 1.49. The lowest BCUT2D eigenvalue weighted by Crippen LogP contribution is -2.52. The molecule has 108 valence electrons. The van der Waals surface area contributed by atoms with Gasteiger partial charge in [0, 0.05) is 38.2 Å². The Morgan fingerprint density at radius 1 is 1.25 bits per heavy atom. The zero-order chi connectivity index (χ0) is 14.1. The van der Waals surface area contributed by atoms with Crippen molar-refractivity contribution >= 4 is 17.8 Å². The van der Waals surface area contributed by atoms with Crippen molar-refractivity contribution in [2.24, 2.45) is 5.92 Å². The van der Waals surface area contributed by atoms with Crippen molar-refractivity contribution in [3.8, 4) is 0 Å². The maximum atomic E-state index is 12.0. The molecule has 2 aliphatic rings. The van der Waals surface area contributed by atoms with E-state index in [1.165, 1.54) is 0 Å². The van der Waals surface area contributed by atoms with Crippen LogP contribution in [-0.2, 0) is 4.79 Å². The molecule has 0 bridgehead atoms. The highest BCUT2D eigenvalue weighted by Crippen LogP contribution is 2.31. The maximum absolute atomic E-state index is 12.0. The summed E-state index contributed by atoms with van der Waals surface area (Å²) in [5.41, 5.74) is 0. The minimum atomic E-state index is -0.197. The Hall–Kier alpha value is -2.05. The minimum Gasteiger partial charge on any atom is -0.360 e. The molecule has 0 radical (unpaired) electrons. The fraction of sp³-hybridized carbons (Fsp3) is 0.615. The van der Waals surface area contributed by atoms with E-state index in [2.05, 4.69) is 10.5 Å². The molecule has 3 rings (SSSR count). The highest BCUT2D eigenvalue weighted by atomic mass is 16.5. The summed E-state index contributed by atoms with van der Waals surface area (Å²) in [4.78, 5) is 27.5. The van der Waals surface area contributed by atoms with Crippen LogP contribution in [-0.4, -0.2) is 53.1 Å². The van der Waals surface area contributed by atoms with Crippen molar-refractivity contribution in [2.45, 2.75) is 19.8 Å². The van der Waals surface area contributed by atoms with Crippen LogP contribution < -0.4 is 5.32 Å². The van der Waals surface area contributed by atoms with Crippen LogP contribution in [0.5, 0.6) is 0 Å². The molecule has 1 aliphatic heterocycles. The molecule has 1 aromatic rings. The number of nitrogens with one attached hydrogen (secondary N) is 1. The first-order valence-electron chi connectivity index (χ1n) is 6.91. The predicted molar refractivity (Wildman–Crippen MR) is 71.1 cm³/mol. The highest BCUT2D eigenvalue weighted by Gasteiger charge is 2.35. The van der Waals surface area contributed by atoms with Crippen molar-refractivity contribution in [2.75, 3.05) is 31.5 Å². The van der Waals surface area contributed by atoms with Crippen molar-refractivity contribution in [3.05, 3.63) is 11.8 Å². The van der Waals surface area contributed by atoms with Gasteiger partial charge in [0.15, 0.2) is 5.82 Å². The number of amides is 3. The van der Waals surface area contributed by atoms with Crippen LogP contribution in [0.25, 0.3) is 0 Å². The molecule has 0 atom stereocenters. The SMILES string of the molecule is Cc1cc(NC(=O)N2CCN(C(=O)C3CC3)CC2)no1. The predicted octanol–water partition coefficient (Wildman–Crippen LogP) is 1.07. The van der Waals surface area contributed by atoms with Gasteiger partial charge in [0.1, 0.15) is 5.76 Å². The summed E-state index contributed by atoms with van der Waals surface area (Å²) in [6.45, 7) is 4.11. The average Bonchev–Trinajstić information content (AvgIpc) is 3.22. The molecule has 1 N–H and O–H groups in total. The van der Waals surface area contributed by atoms with E-state index in [-0.39, 0.29) is 17.9 Å². The Kier molecular flexibility index (Phi) is 3.33. The second kappa shape index (κ2) is 5.15. The summed E-state index contributed by atoms with van der Waals surface area (Å²) in [6.07, 6.45) is 2.04. The third kappa shape index (κ3) is 2.76. The fourth-order valence-corrected chi connectivity index (χ4v) is 2.33.